The molecule has 0 fully saturated rings. The van der Waals surface area contributed by atoms with Crippen molar-refractivity contribution in [2.45, 2.75) is 13.8 Å². The third-order valence-electron chi connectivity index (χ3n) is 2.06. The van der Waals surface area contributed by atoms with Gasteiger partial charge in [0.2, 0.25) is 0 Å². The second-order valence-electron chi connectivity index (χ2n) is 3.27. The molecule has 0 aliphatic carbocycles. The average molecular weight is 261 g/mol. The summed E-state index contributed by atoms with van der Waals surface area (Å²) in [5.74, 6) is -1.58. The second kappa shape index (κ2) is 5.27. The highest BCUT2D eigenvalue weighted by Crippen LogP contribution is 2.27. The van der Waals surface area contributed by atoms with E-state index in [1.165, 1.54) is 30.9 Å². The van der Waals surface area contributed by atoms with Crippen LogP contribution in [0.25, 0.3) is 5.70 Å². The van der Waals surface area contributed by atoms with Gasteiger partial charge in [-0.3, -0.25) is 9.59 Å². The third-order valence-corrected chi connectivity index (χ3v) is 2.45. The summed E-state index contributed by atoms with van der Waals surface area (Å²) in [5, 5.41) is 0. The van der Waals surface area contributed by atoms with Crippen molar-refractivity contribution in [1.29, 1.82) is 0 Å². The Morgan fingerprint density at radius 1 is 1.25 bits per heavy atom. The van der Waals surface area contributed by atoms with Crippen LogP contribution < -0.4 is 0 Å². The zero-order valence-corrected chi connectivity index (χ0v) is 10.3. The summed E-state index contributed by atoms with van der Waals surface area (Å²) in [6.07, 6.45) is 4.51. The molecule has 1 aromatic heterocycles. The number of ketones is 2. The molecule has 1 rings (SSSR count). The highest BCUT2D eigenvalue weighted by atomic mass is 35.5. The fourth-order valence-corrected chi connectivity index (χ4v) is 1.84. The number of nitrogens with zero attached hydrogens (tertiary/aromatic N) is 2. The Morgan fingerprint density at radius 2 is 1.81 bits per heavy atom. The summed E-state index contributed by atoms with van der Waals surface area (Å²) in [7, 11) is 0. The van der Waals surface area contributed by atoms with Crippen LogP contribution in [-0.2, 0) is 9.59 Å². The van der Waals surface area contributed by atoms with Crippen molar-refractivity contribution in [2.75, 3.05) is 0 Å². The lowest BCUT2D eigenvalue weighted by atomic mass is 9.97. The van der Waals surface area contributed by atoms with Gasteiger partial charge in [0, 0.05) is 12.4 Å². The average Bonchev–Trinajstić information content (AvgIpc) is 2.64. The lowest BCUT2D eigenvalue weighted by Crippen LogP contribution is -2.24. The van der Waals surface area contributed by atoms with Crippen molar-refractivity contribution in [2.24, 2.45) is 5.92 Å². The summed E-state index contributed by atoms with van der Waals surface area (Å²) in [4.78, 5) is 26.7. The molecule has 0 N–H and O–H groups in total. The minimum Gasteiger partial charge on any atom is -0.306 e. The summed E-state index contributed by atoms with van der Waals surface area (Å²) in [6, 6.07) is 0. The quantitative estimate of drug-likeness (QED) is 0.781. The molecule has 0 bridgehead atoms. The van der Waals surface area contributed by atoms with E-state index in [-0.39, 0.29) is 21.8 Å². The lowest BCUT2D eigenvalue weighted by Gasteiger charge is -2.15. The third kappa shape index (κ3) is 2.71. The van der Waals surface area contributed by atoms with Gasteiger partial charge in [0.25, 0.3) is 0 Å². The van der Waals surface area contributed by atoms with Gasteiger partial charge in [-0.15, -0.1) is 0 Å². The molecule has 1 heterocycles. The van der Waals surface area contributed by atoms with Crippen molar-refractivity contribution in [3.63, 3.8) is 0 Å². The molecule has 0 aromatic carbocycles. The summed E-state index contributed by atoms with van der Waals surface area (Å²) >= 11 is 11.4. The predicted octanol–water partition coefficient (Wildman–Crippen LogP) is 2.28. The molecule has 0 aliphatic heterocycles. The highest BCUT2D eigenvalue weighted by Gasteiger charge is 2.27. The van der Waals surface area contributed by atoms with Gasteiger partial charge < -0.3 is 4.57 Å². The maximum atomic E-state index is 11.4. The van der Waals surface area contributed by atoms with E-state index in [0.29, 0.717) is 0 Å². The van der Waals surface area contributed by atoms with Crippen LogP contribution in [0.15, 0.2) is 23.2 Å². The first kappa shape index (κ1) is 12.9. The van der Waals surface area contributed by atoms with Crippen molar-refractivity contribution >= 4 is 40.5 Å². The van der Waals surface area contributed by atoms with Gasteiger partial charge >= 0.3 is 0 Å². The van der Waals surface area contributed by atoms with Gasteiger partial charge in [-0.2, -0.15) is 0 Å². The summed E-state index contributed by atoms with van der Waals surface area (Å²) in [6.45, 7) is 2.64. The first-order chi connectivity index (χ1) is 7.45. The zero-order chi connectivity index (χ0) is 12.3. The number of carbonyl (C=O) groups is 2. The Kier molecular flexibility index (Phi) is 4.26. The molecular formula is C10H10Cl2N2O2. The fourth-order valence-electron chi connectivity index (χ4n) is 1.43. The Bertz CT molecular complexity index is 420. The van der Waals surface area contributed by atoms with Crippen LogP contribution in [-0.4, -0.2) is 21.1 Å². The molecule has 6 heteroatoms. The molecule has 86 valence electrons. The number of rotatable bonds is 4. The molecular weight excluding hydrogens is 251 g/mol. The first-order valence-electron chi connectivity index (χ1n) is 4.49. The van der Waals surface area contributed by atoms with E-state index in [2.05, 4.69) is 4.98 Å². The Balaban J connectivity index is 3.28. The molecule has 0 radical (unpaired) electrons. The van der Waals surface area contributed by atoms with Crippen LogP contribution in [0.1, 0.15) is 13.8 Å². The van der Waals surface area contributed by atoms with E-state index in [1.807, 2.05) is 0 Å². The lowest BCUT2D eigenvalue weighted by molar-refractivity contribution is -0.128. The Labute approximate surface area is 103 Å². The van der Waals surface area contributed by atoms with Crippen molar-refractivity contribution in [3.8, 4) is 0 Å². The number of allylic oxidation sites excluding steroid dienone is 1. The fraction of sp³-hybridized carbons (Fsp3) is 0.300. The highest BCUT2D eigenvalue weighted by molar-refractivity contribution is 6.58. The minimum atomic E-state index is -0.959. The van der Waals surface area contributed by atoms with Gasteiger partial charge in [0.1, 0.15) is 22.0 Å². The van der Waals surface area contributed by atoms with E-state index >= 15 is 0 Å². The number of halogens is 2. The maximum Gasteiger partial charge on any atom is 0.146 e. The maximum absolute atomic E-state index is 11.4. The van der Waals surface area contributed by atoms with Gasteiger partial charge in [-0.25, -0.2) is 4.98 Å². The molecule has 1 aromatic rings. The van der Waals surface area contributed by atoms with Crippen LogP contribution in [0.4, 0.5) is 0 Å². The molecule has 0 amide bonds. The van der Waals surface area contributed by atoms with Crippen LogP contribution in [0.2, 0.25) is 0 Å². The molecule has 0 saturated heterocycles. The molecule has 16 heavy (non-hydrogen) atoms. The van der Waals surface area contributed by atoms with E-state index < -0.39 is 5.92 Å². The number of carbonyl (C=O) groups excluding carboxylic acids is 2. The normalized spacial score (nSPS) is 10.3. The van der Waals surface area contributed by atoms with Crippen molar-refractivity contribution in [3.05, 3.63) is 23.2 Å². The summed E-state index contributed by atoms with van der Waals surface area (Å²) < 4.78 is 1.34. The number of hydrogen-bond acceptors (Lipinski definition) is 3. The van der Waals surface area contributed by atoms with Crippen LogP contribution in [0.3, 0.4) is 0 Å². The standard InChI is InChI=1S/C10H10Cl2N2O2/c1-6(15)8(7(2)16)9(10(11)12)14-4-3-13-5-14/h3-5,8H,1-2H3. The molecule has 0 unspecified atom stereocenters. The van der Waals surface area contributed by atoms with E-state index in [4.69, 9.17) is 23.2 Å². The molecule has 0 saturated carbocycles. The van der Waals surface area contributed by atoms with E-state index in [0.717, 1.165) is 0 Å². The van der Waals surface area contributed by atoms with Gasteiger partial charge in [-0.05, 0) is 13.8 Å². The molecule has 4 nitrogen and oxygen atoms in total. The minimum absolute atomic E-state index is 0.117. The van der Waals surface area contributed by atoms with Gasteiger partial charge in [0.15, 0.2) is 0 Å². The number of hydrogen-bond donors (Lipinski definition) is 0. The SMILES string of the molecule is CC(=O)C(C(C)=O)C(=C(Cl)Cl)n1ccnc1. The second-order valence-corrected chi connectivity index (χ2v) is 4.22. The molecule has 0 atom stereocenters. The number of aromatic nitrogens is 2. The molecule has 0 aliphatic rings. The van der Waals surface area contributed by atoms with E-state index in [9.17, 15) is 9.59 Å². The van der Waals surface area contributed by atoms with Crippen LogP contribution in [0, 0.1) is 5.92 Å². The first-order valence-corrected chi connectivity index (χ1v) is 5.25. The van der Waals surface area contributed by atoms with E-state index in [1.54, 1.807) is 6.20 Å². The smallest absolute Gasteiger partial charge is 0.146 e. The molecule has 0 spiro atoms. The Morgan fingerprint density at radius 3 is 2.12 bits per heavy atom. The Hall–Kier alpha value is -1.13. The largest absolute Gasteiger partial charge is 0.306 e. The number of imidazole rings is 1. The zero-order valence-electron chi connectivity index (χ0n) is 8.78. The van der Waals surface area contributed by atoms with Gasteiger partial charge in [0.05, 0.1) is 12.0 Å². The topological polar surface area (TPSA) is 52.0 Å². The van der Waals surface area contributed by atoms with Crippen LogP contribution in [0.5, 0.6) is 0 Å². The predicted molar refractivity (Wildman–Crippen MR) is 62.0 cm³/mol. The van der Waals surface area contributed by atoms with Crippen LogP contribution >= 0.6 is 23.2 Å². The number of Topliss-reactive ketones (excluding diaryl/α,β-unsaturated/α-hetero) is 2. The van der Waals surface area contributed by atoms with Gasteiger partial charge in [-0.1, -0.05) is 23.2 Å². The summed E-state index contributed by atoms with van der Waals surface area (Å²) in [5.41, 5.74) is 0.237. The van der Waals surface area contributed by atoms with Crippen molar-refractivity contribution in [1.82, 2.24) is 9.55 Å². The monoisotopic (exact) mass is 260 g/mol. The van der Waals surface area contributed by atoms with Crippen molar-refractivity contribution < 1.29 is 9.59 Å².